The second-order valence-electron chi connectivity index (χ2n) is 7.16. The number of ether oxygens (including phenoxy) is 1. The Morgan fingerprint density at radius 2 is 2.00 bits per heavy atom. The number of benzene rings is 1. The topological polar surface area (TPSA) is 36.0 Å². The Kier molecular flexibility index (Phi) is 6.36. The highest BCUT2D eigenvalue weighted by Gasteiger charge is 2.30. The van der Waals surface area contributed by atoms with Gasteiger partial charge in [0.05, 0.1) is 13.0 Å². The molecule has 0 spiro atoms. The molecule has 2 aliphatic heterocycles. The monoisotopic (exact) mass is 409 g/mol. The van der Waals surface area contributed by atoms with Gasteiger partial charge in [-0.05, 0) is 44.6 Å². The number of hydrogen-bond donors (Lipinski definition) is 0. The molecule has 0 bridgehead atoms. The lowest BCUT2D eigenvalue weighted by molar-refractivity contribution is -0.139. The van der Waals surface area contributed by atoms with Crippen molar-refractivity contribution in [3.8, 4) is 5.75 Å². The molecule has 0 saturated carbocycles. The molecule has 1 aromatic carbocycles. The SMILES string of the molecule is COc1ccc(Br)cc1CN1CCCC(C(=O)N2CCN(C)CC2)C1. The van der Waals surface area contributed by atoms with Crippen molar-refractivity contribution >= 4 is 21.8 Å². The van der Waals surface area contributed by atoms with Crippen LogP contribution in [0.15, 0.2) is 22.7 Å². The fraction of sp³-hybridized carbons (Fsp3) is 0.632. The van der Waals surface area contributed by atoms with Gasteiger partial charge >= 0.3 is 0 Å². The average Bonchev–Trinajstić information content (AvgIpc) is 2.62. The van der Waals surface area contributed by atoms with Gasteiger partial charge in [-0.25, -0.2) is 0 Å². The van der Waals surface area contributed by atoms with Crippen LogP contribution in [0.2, 0.25) is 0 Å². The molecule has 1 atom stereocenters. The van der Waals surface area contributed by atoms with Crippen molar-refractivity contribution in [3.05, 3.63) is 28.2 Å². The third-order valence-electron chi connectivity index (χ3n) is 5.31. The predicted molar refractivity (Wildman–Crippen MR) is 103 cm³/mol. The summed E-state index contributed by atoms with van der Waals surface area (Å²) >= 11 is 3.54. The van der Waals surface area contributed by atoms with E-state index in [1.807, 2.05) is 12.1 Å². The van der Waals surface area contributed by atoms with Crippen LogP contribution >= 0.6 is 15.9 Å². The van der Waals surface area contributed by atoms with Crippen LogP contribution in [0.3, 0.4) is 0 Å². The van der Waals surface area contributed by atoms with Crippen molar-refractivity contribution in [3.63, 3.8) is 0 Å². The van der Waals surface area contributed by atoms with Crippen molar-refractivity contribution < 1.29 is 9.53 Å². The van der Waals surface area contributed by atoms with E-state index in [9.17, 15) is 4.79 Å². The van der Waals surface area contributed by atoms with Gasteiger partial charge in [-0.15, -0.1) is 0 Å². The largest absolute Gasteiger partial charge is 0.496 e. The van der Waals surface area contributed by atoms with E-state index >= 15 is 0 Å². The van der Waals surface area contributed by atoms with Gasteiger partial charge in [0.1, 0.15) is 5.75 Å². The van der Waals surface area contributed by atoms with E-state index in [2.05, 4.69) is 43.7 Å². The molecule has 2 heterocycles. The Hall–Kier alpha value is -1.11. The summed E-state index contributed by atoms with van der Waals surface area (Å²) in [5, 5.41) is 0. The highest BCUT2D eigenvalue weighted by molar-refractivity contribution is 9.10. The molecule has 2 fully saturated rings. The second-order valence-corrected chi connectivity index (χ2v) is 8.07. The van der Waals surface area contributed by atoms with E-state index in [1.165, 1.54) is 5.56 Å². The van der Waals surface area contributed by atoms with Gasteiger partial charge in [-0.3, -0.25) is 9.69 Å². The minimum atomic E-state index is 0.135. The van der Waals surface area contributed by atoms with Crippen LogP contribution in [0.25, 0.3) is 0 Å². The van der Waals surface area contributed by atoms with Gasteiger partial charge in [0.2, 0.25) is 5.91 Å². The summed E-state index contributed by atoms with van der Waals surface area (Å²) < 4.78 is 6.55. The molecule has 0 aliphatic carbocycles. The minimum Gasteiger partial charge on any atom is -0.496 e. The number of carbonyl (C=O) groups is 1. The maximum absolute atomic E-state index is 12.9. The Bertz CT molecular complexity index is 602. The van der Waals surface area contributed by atoms with Crippen LogP contribution in [0, 0.1) is 5.92 Å². The summed E-state index contributed by atoms with van der Waals surface area (Å²) in [6, 6.07) is 6.11. The summed E-state index contributed by atoms with van der Waals surface area (Å²) in [6.45, 7) is 6.42. The normalized spacial score (nSPS) is 22.8. The van der Waals surface area contributed by atoms with Gasteiger partial charge in [-0.2, -0.15) is 0 Å². The maximum atomic E-state index is 12.9. The van der Waals surface area contributed by atoms with E-state index in [-0.39, 0.29) is 5.92 Å². The fourth-order valence-corrected chi connectivity index (χ4v) is 4.21. The Morgan fingerprint density at radius 3 is 2.72 bits per heavy atom. The molecule has 0 aromatic heterocycles. The molecule has 2 saturated heterocycles. The van der Waals surface area contributed by atoms with Gasteiger partial charge in [0.15, 0.2) is 0 Å². The highest BCUT2D eigenvalue weighted by atomic mass is 79.9. The quantitative estimate of drug-likeness (QED) is 0.764. The Labute approximate surface area is 159 Å². The number of piperazine rings is 1. The number of piperidine rings is 1. The minimum absolute atomic E-state index is 0.135. The van der Waals surface area contributed by atoms with Crippen molar-refractivity contribution in [1.82, 2.24) is 14.7 Å². The lowest BCUT2D eigenvalue weighted by atomic mass is 9.95. The number of nitrogens with zero attached hydrogens (tertiary/aromatic N) is 3. The number of likely N-dealkylation sites (N-methyl/N-ethyl adjacent to an activating group) is 1. The molecule has 1 unspecified atom stereocenters. The molecule has 3 rings (SSSR count). The Morgan fingerprint density at radius 1 is 1.24 bits per heavy atom. The van der Waals surface area contributed by atoms with Crippen LogP contribution in [0.4, 0.5) is 0 Å². The average molecular weight is 410 g/mol. The number of likely N-dealkylation sites (tertiary alicyclic amines) is 1. The number of amides is 1. The lowest BCUT2D eigenvalue weighted by Gasteiger charge is -2.38. The predicted octanol–water partition coefficient (Wildman–Crippen LogP) is 2.44. The third kappa shape index (κ3) is 4.74. The van der Waals surface area contributed by atoms with E-state index in [1.54, 1.807) is 7.11 Å². The summed E-state index contributed by atoms with van der Waals surface area (Å²) in [6.07, 6.45) is 2.09. The molecule has 1 aromatic rings. The van der Waals surface area contributed by atoms with Crippen LogP contribution in [-0.2, 0) is 11.3 Å². The molecular formula is C19H28BrN3O2. The second kappa shape index (κ2) is 8.52. The maximum Gasteiger partial charge on any atom is 0.227 e. The first kappa shape index (κ1) is 18.7. The van der Waals surface area contributed by atoms with Gasteiger partial charge in [0.25, 0.3) is 0 Å². The highest BCUT2D eigenvalue weighted by Crippen LogP contribution is 2.27. The number of methoxy groups -OCH3 is 1. The summed E-state index contributed by atoms with van der Waals surface area (Å²) in [5.41, 5.74) is 1.17. The summed E-state index contributed by atoms with van der Waals surface area (Å²) in [7, 11) is 3.83. The summed E-state index contributed by atoms with van der Waals surface area (Å²) in [4.78, 5) is 19.6. The van der Waals surface area contributed by atoms with Gasteiger partial charge in [0, 0.05) is 49.3 Å². The lowest BCUT2D eigenvalue weighted by Crippen LogP contribution is -2.51. The van der Waals surface area contributed by atoms with E-state index in [0.29, 0.717) is 5.91 Å². The molecule has 0 N–H and O–H groups in total. The van der Waals surface area contributed by atoms with Crippen LogP contribution < -0.4 is 4.74 Å². The number of rotatable bonds is 4. The van der Waals surface area contributed by atoms with Crippen molar-refractivity contribution in [2.24, 2.45) is 5.92 Å². The molecule has 1 amide bonds. The molecule has 25 heavy (non-hydrogen) atoms. The van der Waals surface area contributed by atoms with Crippen molar-refractivity contribution in [2.75, 3.05) is 53.4 Å². The molecule has 0 radical (unpaired) electrons. The Balaban J connectivity index is 1.61. The zero-order chi connectivity index (χ0) is 17.8. The first-order valence-corrected chi connectivity index (χ1v) is 9.88. The van der Waals surface area contributed by atoms with Crippen molar-refractivity contribution in [1.29, 1.82) is 0 Å². The molecule has 5 nitrogen and oxygen atoms in total. The van der Waals surface area contributed by atoms with E-state index in [4.69, 9.17) is 4.74 Å². The van der Waals surface area contributed by atoms with Crippen LogP contribution in [-0.4, -0.2) is 74.0 Å². The first-order chi connectivity index (χ1) is 12.1. The number of halogens is 1. The number of hydrogen-bond acceptors (Lipinski definition) is 4. The molecular weight excluding hydrogens is 382 g/mol. The zero-order valence-electron chi connectivity index (χ0n) is 15.2. The first-order valence-electron chi connectivity index (χ1n) is 9.09. The van der Waals surface area contributed by atoms with Gasteiger partial charge < -0.3 is 14.5 Å². The van der Waals surface area contributed by atoms with E-state index < -0.39 is 0 Å². The third-order valence-corrected chi connectivity index (χ3v) is 5.80. The van der Waals surface area contributed by atoms with E-state index in [0.717, 1.165) is 68.9 Å². The number of carbonyl (C=O) groups excluding carboxylic acids is 1. The van der Waals surface area contributed by atoms with Crippen molar-refractivity contribution in [2.45, 2.75) is 19.4 Å². The molecule has 2 aliphatic rings. The molecule has 6 heteroatoms. The fourth-order valence-electron chi connectivity index (χ4n) is 3.80. The summed E-state index contributed by atoms with van der Waals surface area (Å²) in [5.74, 6) is 1.39. The standard InChI is InChI=1S/C19H28BrN3O2/c1-21-8-10-23(11-9-21)19(24)15-4-3-7-22(13-15)14-16-12-17(20)5-6-18(16)25-2/h5-6,12,15H,3-4,7-11,13-14H2,1-2H3. The zero-order valence-corrected chi connectivity index (χ0v) is 16.8. The smallest absolute Gasteiger partial charge is 0.227 e. The van der Waals surface area contributed by atoms with Crippen LogP contribution in [0.1, 0.15) is 18.4 Å². The van der Waals surface area contributed by atoms with Gasteiger partial charge in [-0.1, -0.05) is 15.9 Å². The van der Waals surface area contributed by atoms with Crippen LogP contribution in [0.5, 0.6) is 5.75 Å². The molecule has 138 valence electrons.